The molecule has 0 spiro atoms. The van der Waals surface area contributed by atoms with E-state index in [9.17, 15) is 4.79 Å². The summed E-state index contributed by atoms with van der Waals surface area (Å²) in [6, 6.07) is 0. The van der Waals surface area contributed by atoms with Crippen LogP contribution in [0.5, 0.6) is 0 Å². The number of nitrogens with two attached hydrogens (primary N) is 1. The Morgan fingerprint density at radius 3 is 3.00 bits per heavy atom. The van der Waals surface area contributed by atoms with Crippen LogP contribution in [0.15, 0.2) is 0 Å². The Hall–Kier alpha value is -0.610. The standard InChI is InChI=1S/C8H13NO3/c9-8(2-7(10)11)1-5-3-12-4-6(5)8/h5-6H,1-4,9H2,(H,10,11). The van der Waals surface area contributed by atoms with Gasteiger partial charge in [0, 0.05) is 18.1 Å². The summed E-state index contributed by atoms with van der Waals surface area (Å²) in [5.41, 5.74) is 5.45. The molecule has 68 valence electrons. The average molecular weight is 171 g/mol. The fourth-order valence-corrected chi connectivity index (χ4v) is 2.40. The average Bonchev–Trinajstić information content (AvgIpc) is 2.29. The Labute approximate surface area is 70.7 Å². The van der Waals surface area contributed by atoms with Gasteiger partial charge >= 0.3 is 5.97 Å². The van der Waals surface area contributed by atoms with Gasteiger partial charge in [-0.05, 0) is 12.3 Å². The summed E-state index contributed by atoms with van der Waals surface area (Å²) in [4.78, 5) is 10.5. The van der Waals surface area contributed by atoms with Crippen molar-refractivity contribution in [1.29, 1.82) is 0 Å². The molecule has 2 aliphatic rings. The fraction of sp³-hybridized carbons (Fsp3) is 0.875. The van der Waals surface area contributed by atoms with E-state index in [-0.39, 0.29) is 12.3 Å². The molecule has 0 aromatic carbocycles. The highest BCUT2D eigenvalue weighted by Gasteiger charge is 2.54. The first-order valence-electron chi connectivity index (χ1n) is 4.20. The van der Waals surface area contributed by atoms with Gasteiger partial charge in [-0.15, -0.1) is 0 Å². The highest BCUT2D eigenvalue weighted by molar-refractivity contribution is 5.68. The molecule has 0 aromatic heterocycles. The van der Waals surface area contributed by atoms with E-state index in [0.717, 1.165) is 13.0 Å². The molecular weight excluding hydrogens is 158 g/mol. The van der Waals surface area contributed by atoms with Gasteiger partial charge in [-0.2, -0.15) is 0 Å². The molecule has 1 saturated carbocycles. The van der Waals surface area contributed by atoms with Crippen molar-refractivity contribution in [2.24, 2.45) is 17.6 Å². The molecule has 0 aromatic rings. The smallest absolute Gasteiger partial charge is 0.305 e. The van der Waals surface area contributed by atoms with E-state index in [1.165, 1.54) is 0 Å². The predicted molar refractivity (Wildman–Crippen MR) is 41.6 cm³/mol. The van der Waals surface area contributed by atoms with Crippen LogP contribution in [0, 0.1) is 11.8 Å². The first-order valence-corrected chi connectivity index (χ1v) is 4.20. The Morgan fingerprint density at radius 1 is 1.67 bits per heavy atom. The summed E-state index contributed by atoms with van der Waals surface area (Å²) >= 11 is 0. The first-order chi connectivity index (χ1) is 5.62. The van der Waals surface area contributed by atoms with Gasteiger partial charge in [-0.1, -0.05) is 0 Å². The highest BCUT2D eigenvalue weighted by atomic mass is 16.5. The maximum Gasteiger partial charge on any atom is 0.305 e. The topological polar surface area (TPSA) is 72.6 Å². The van der Waals surface area contributed by atoms with Gasteiger partial charge in [0.2, 0.25) is 0 Å². The molecule has 4 nitrogen and oxygen atoms in total. The van der Waals surface area contributed by atoms with Crippen LogP contribution in [-0.4, -0.2) is 29.8 Å². The minimum Gasteiger partial charge on any atom is -0.481 e. The first kappa shape index (κ1) is 8.01. The van der Waals surface area contributed by atoms with Crippen LogP contribution in [0.25, 0.3) is 0 Å². The van der Waals surface area contributed by atoms with E-state index in [0.29, 0.717) is 12.5 Å². The normalized spacial score (nSPS) is 45.1. The third-order valence-corrected chi connectivity index (χ3v) is 3.06. The minimum absolute atomic E-state index is 0.0809. The minimum atomic E-state index is -0.803. The summed E-state index contributed by atoms with van der Waals surface area (Å²) in [6.45, 7) is 1.41. The van der Waals surface area contributed by atoms with Gasteiger partial charge < -0.3 is 15.6 Å². The number of aliphatic carboxylic acids is 1. The fourth-order valence-electron chi connectivity index (χ4n) is 2.40. The lowest BCUT2D eigenvalue weighted by molar-refractivity contribution is -0.140. The van der Waals surface area contributed by atoms with Gasteiger partial charge in [-0.25, -0.2) is 0 Å². The third-order valence-electron chi connectivity index (χ3n) is 3.06. The molecule has 1 aliphatic carbocycles. The molecule has 2 fully saturated rings. The zero-order valence-electron chi connectivity index (χ0n) is 6.82. The van der Waals surface area contributed by atoms with E-state index >= 15 is 0 Å². The van der Waals surface area contributed by atoms with E-state index in [1.807, 2.05) is 0 Å². The second kappa shape index (κ2) is 2.44. The third kappa shape index (κ3) is 1.03. The lowest BCUT2D eigenvalue weighted by Gasteiger charge is -2.47. The van der Waals surface area contributed by atoms with Gasteiger partial charge in [0.1, 0.15) is 0 Å². The largest absolute Gasteiger partial charge is 0.481 e. The molecule has 3 unspecified atom stereocenters. The molecule has 3 N–H and O–H groups in total. The summed E-state index contributed by atoms with van der Waals surface area (Å²) in [5, 5.41) is 8.61. The molecule has 2 rings (SSSR count). The molecule has 0 bridgehead atoms. The van der Waals surface area contributed by atoms with Crippen molar-refractivity contribution in [3.05, 3.63) is 0 Å². The molecule has 1 aliphatic heterocycles. The summed E-state index contributed by atoms with van der Waals surface area (Å²) in [7, 11) is 0. The van der Waals surface area contributed by atoms with Crippen molar-refractivity contribution in [2.45, 2.75) is 18.4 Å². The maximum atomic E-state index is 10.5. The molecule has 0 amide bonds. The second-order valence-corrected chi connectivity index (χ2v) is 3.91. The summed E-state index contributed by atoms with van der Waals surface area (Å²) < 4.78 is 5.24. The van der Waals surface area contributed by atoms with Crippen molar-refractivity contribution in [3.8, 4) is 0 Å². The van der Waals surface area contributed by atoms with E-state index in [1.54, 1.807) is 0 Å². The SMILES string of the molecule is NC1(CC(=O)O)CC2COCC21. The van der Waals surface area contributed by atoms with Crippen LogP contribution in [0.3, 0.4) is 0 Å². The maximum absolute atomic E-state index is 10.5. The zero-order valence-corrected chi connectivity index (χ0v) is 6.82. The number of rotatable bonds is 2. The Bertz CT molecular complexity index is 218. The number of carbonyl (C=O) groups is 1. The van der Waals surface area contributed by atoms with E-state index < -0.39 is 11.5 Å². The van der Waals surface area contributed by atoms with Crippen LogP contribution in [-0.2, 0) is 9.53 Å². The molecule has 1 saturated heterocycles. The number of hydrogen-bond acceptors (Lipinski definition) is 3. The molecule has 0 radical (unpaired) electrons. The van der Waals surface area contributed by atoms with Crippen molar-refractivity contribution in [3.63, 3.8) is 0 Å². The number of carboxylic acids is 1. The number of carboxylic acid groups (broad SMARTS) is 1. The van der Waals surface area contributed by atoms with E-state index in [2.05, 4.69) is 0 Å². The van der Waals surface area contributed by atoms with Crippen LogP contribution < -0.4 is 5.73 Å². The summed E-state index contributed by atoms with van der Waals surface area (Å²) in [5.74, 6) is 0.00537. The lowest BCUT2D eigenvalue weighted by atomic mass is 9.60. The van der Waals surface area contributed by atoms with Crippen molar-refractivity contribution >= 4 is 5.97 Å². The molecule has 1 heterocycles. The quantitative estimate of drug-likeness (QED) is 0.604. The Balaban J connectivity index is 2.00. The Morgan fingerprint density at radius 2 is 2.42 bits per heavy atom. The highest BCUT2D eigenvalue weighted by Crippen LogP contribution is 2.47. The van der Waals surface area contributed by atoms with Gasteiger partial charge in [0.25, 0.3) is 0 Å². The predicted octanol–water partition coefficient (Wildman–Crippen LogP) is -0.175. The lowest BCUT2D eigenvalue weighted by Crippen LogP contribution is -2.61. The number of ether oxygens (including phenoxy) is 1. The van der Waals surface area contributed by atoms with Crippen LogP contribution in [0.4, 0.5) is 0 Å². The molecule has 4 heteroatoms. The van der Waals surface area contributed by atoms with Crippen LogP contribution in [0.2, 0.25) is 0 Å². The van der Waals surface area contributed by atoms with Gasteiger partial charge in [0.05, 0.1) is 13.0 Å². The van der Waals surface area contributed by atoms with Gasteiger partial charge in [-0.3, -0.25) is 4.79 Å². The Kier molecular flexibility index (Phi) is 1.63. The summed E-state index contributed by atoms with van der Waals surface area (Å²) in [6.07, 6.45) is 0.890. The van der Waals surface area contributed by atoms with Crippen LogP contribution >= 0.6 is 0 Å². The van der Waals surface area contributed by atoms with Crippen LogP contribution in [0.1, 0.15) is 12.8 Å². The molecule has 3 atom stereocenters. The number of fused-ring (bicyclic) bond motifs is 1. The second-order valence-electron chi connectivity index (χ2n) is 3.91. The monoisotopic (exact) mass is 171 g/mol. The molecular formula is C8H13NO3. The van der Waals surface area contributed by atoms with Crippen molar-refractivity contribution < 1.29 is 14.6 Å². The van der Waals surface area contributed by atoms with E-state index in [4.69, 9.17) is 15.6 Å². The van der Waals surface area contributed by atoms with Gasteiger partial charge in [0.15, 0.2) is 0 Å². The zero-order chi connectivity index (χ0) is 8.77. The molecule has 12 heavy (non-hydrogen) atoms. The number of hydrogen-bond donors (Lipinski definition) is 2. The van der Waals surface area contributed by atoms with Crippen molar-refractivity contribution in [2.75, 3.05) is 13.2 Å². The van der Waals surface area contributed by atoms with Crippen molar-refractivity contribution in [1.82, 2.24) is 0 Å².